The van der Waals surface area contributed by atoms with Crippen molar-refractivity contribution in [2.24, 2.45) is 0 Å². The molecule has 0 aromatic rings. The smallest absolute Gasteiger partial charge is 0.409 e. The Morgan fingerprint density at radius 3 is 0.664 bits per heavy atom. The number of aliphatic hydroxyl groups excluding tert-OH is 5. The first-order valence-corrected chi connectivity index (χ1v) is 51.3. The molecular weight excluding hydrogens is 1510 g/mol. The van der Waals surface area contributed by atoms with E-state index < -0.39 is 123 Å². The zero-order chi connectivity index (χ0) is 86.8. The van der Waals surface area contributed by atoms with E-state index in [9.17, 15) is 60.0 Å². The van der Waals surface area contributed by atoms with Crippen molar-refractivity contribution in [3.63, 3.8) is 0 Å². The monoisotopic (exact) mass is 1700 g/mol. The fraction of sp³-hybridized carbons (Fsp3) is 0.960. The van der Waals surface area contributed by atoms with Gasteiger partial charge in [-0.15, -0.1) is 0 Å². The van der Waals surface area contributed by atoms with E-state index in [-0.39, 0.29) is 25.7 Å². The molecule has 8 N–H and O–H groups in total. The average Bonchev–Trinajstić information content (AvgIpc) is 1.65. The molecule has 0 bridgehead atoms. The van der Waals surface area contributed by atoms with E-state index in [4.69, 9.17) is 33.2 Å². The standard InChI is InChI=1S/C100H190O19/c1-5-9-13-17-21-25-29-33-37-41-45-49-53-57-61-65-69-73-77-81-90(104)115-97(110)89(86-102)114-100(119-96(87-103)95(109)94(108)88(85-101)113-96,118-93(107)84-80-76-72-68-64-60-56-52-48-44-40-36-32-28-24-20-16-12-8-4)99(112,117-92(106)83-79-75-71-67-63-59-55-51-47-43-39-35-31-27-23-19-15-11-7-3)98(97,111)116-91(105)82-78-74-70-66-62-58-54-50-46-42-38-34-30-26-22-18-14-10-6-2/h88-89,94-95,101-103,108-112H,5-87H2,1-4H3/t88-,89-,94-,95+,96?,97+,98-,99+,100+/m1/s1. The van der Waals surface area contributed by atoms with E-state index in [1.165, 1.54) is 308 Å². The normalized spacial score (nSPS) is 21.8. The van der Waals surface area contributed by atoms with Crippen molar-refractivity contribution in [1.82, 2.24) is 0 Å². The Morgan fingerprint density at radius 1 is 0.261 bits per heavy atom. The summed E-state index contributed by atoms with van der Waals surface area (Å²) in [6.07, 6.45) is 73.5. The summed E-state index contributed by atoms with van der Waals surface area (Å²) >= 11 is 0. The Hall–Kier alpha value is -2.56. The largest absolute Gasteiger partial charge is 0.423 e. The van der Waals surface area contributed by atoms with Crippen molar-refractivity contribution >= 4 is 23.9 Å². The fourth-order valence-electron chi connectivity index (χ4n) is 17.5. The van der Waals surface area contributed by atoms with Crippen LogP contribution in [0.4, 0.5) is 0 Å². The van der Waals surface area contributed by atoms with Crippen molar-refractivity contribution < 1.29 is 93.2 Å². The first kappa shape index (κ1) is 113. The fourth-order valence-corrected chi connectivity index (χ4v) is 17.5. The molecule has 0 saturated carbocycles. The third kappa shape index (κ3) is 50.5. The molecule has 2 aliphatic rings. The maximum atomic E-state index is 14.8. The van der Waals surface area contributed by atoms with Gasteiger partial charge in [-0.05, 0) is 25.7 Å². The lowest BCUT2D eigenvalue weighted by atomic mass is 9.85. The van der Waals surface area contributed by atoms with Gasteiger partial charge in [-0.3, -0.25) is 28.7 Å². The van der Waals surface area contributed by atoms with Crippen LogP contribution in [-0.4, -0.2) is 138 Å². The van der Waals surface area contributed by atoms with Gasteiger partial charge in [-0.2, -0.15) is 0 Å². The van der Waals surface area contributed by atoms with Gasteiger partial charge >= 0.3 is 47.2 Å². The Balaban J connectivity index is 2.46. The van der Waals surface area contributed by atoms with Crippen LogP contribution in [-0.2, 0) is 52.3 Å². The predicted molar refractivity (Wildman–Crippen MR) is 481 cm³/mol. The van der Waals surface area contributed by atoms with Crippen molar-refractivity contribution in [2.75, 3.05) is 19.8 Å². The van der Waals surface area contributed by atoms with Crippen LogP contribution in [0.1, 0.15) is 541 Å². The first-order valence-electron chi connectivity index (χ1n) is 51.3. The number of hydrogen-bond donors (Lipinski definition) is 8. The topological polar surface area (TPSA) is 295 Å². The Kier molecular flexibility index (Phi) is 71.5. The van der Waals surface area contributed by atoms with E-state index in [0.717, 1.165) is 128 Å². The molecule has 19 heteroatoms. The summed E-state index contributed by atoms with van der Waals surface area (Å²) in [6, 6.07) is 0. The van der Waals surface area contributed by atoms with Crippen LogP contribution < -0.4 is 0 Å². The zero-order valence-electron chi connectivity index (χ0n) is 77.6. The molecule has 2 saturated heterocycles. The molecule has 1 unspecified atom stereocenters. The Bertz CT molecular complexity index is 2330. The first-order chi connectivity index (χ1) is 58.0. The highest BCUT2D eigenvalue weighted by atomic mass is 17.0. The van der Waals surface area contributed by atoms with Crippen LogP contribution in [0, 0.1) is 0 Å². The number of carbonyl (C=O) groups is 4. The molecule has 2 rings (SSSR count). The van der Waals surface area contributed by atoms with E-state index in [1.807, 2.05) is 0 Å². The van der Waals surface area contributed by atoms with E-state index >= 15 is 0 Å². The summed E-state index contributed by atoms with van der Waals surface area (Å²) in [4.78, 5) is 58.8. The number of hydrogen-bond acceptors (Lipinski definition) is 19. The van der Waals surface area contributed by atoms with Crippen LogP contribution in [0.15, 0.2) is 0 Å². The lowest BCUT2D eigenvalue weighted by molar-refractivity contribution is -0.615. The van der Waals surface area contributed by atoms with Crippen molar-refractivity contribution in [3.8, 4) is 0 Å². The highest BCUT2D eigenvalue weighted by Crippen LogP contribution is 2.56. The average molecular weight is 1700 g/mol. The van der Waals surface area contributed by atoms with E-state index in [0.29, 0.717) is 25.7 Å². The second-order valence-corrected chi connectivity index (χ2v) is 36.5. The third-order valence-electron chi connectivity index (χ3n) is 25.5. The maximum Gasteiger partial charge on any atom is 0.409 e. The zero-order valence-corrected chi connectivity index (χ0v) is 77.6. The predicted octanol–water partition coefficient (Wildman–Crippen LogP) is 25.4. The van der Waals surface area contributed by atoms with Gasteiger partial charge in [0.1, 0.15) is 24.9 Å². The molecule has 2 aliphatic heterocycles. The number of unbranched alkanes of at least 4 members (excludes halogenated alkanes) is 72. The summed E-state index contributed by atoms with van der Waals surface area (Å²) in [6.45, 7) is 5.02. The Labute approximate surface area is 728 Å². The molecule has 9 atom stereocenters. The minimum atomic E-state index is -4.45. The van der Waals surface area contributed by atoms with Crippen molar-refractivity contribution in [3.05, 3.63) is 0 Å². The van der Waals surface area contributed by atoms with Gasteiger partial charge in [0.25, 0.3) is 0 Å². The maximum absolute atomic E-state index is 14.8. The van der Waals surface area contributed by atoms with Crippen LogP contribution in [0.2, 0.25) is 0 Å². The molecule has 2 fully saturated rings. The molecule has 0 aliphatic carbocycles. The van der Waals surface area contributed by atoms with Gasteiger partial charge in [0.2, 0.25) is 5.79 Å². The molecule has 704 valence electrons. The van der Waals surface area contributed by atoms with Crippen molar-refractivity contribution in [2.45, 2.75) is 595 Å². The third-order valence-corrected chi connectivity index (χ3v) is 25.5. The lowest BCUT2D eigenvalue weighted by Crippen LogP contribution is -2.88. The molecule has 0 amide bonds. The number of rotatable bonds is 89. The summed E-state index contributed by atoms with van der Waals surface area (Å²) in [7, 11) is 0. The molecule has 0 aromatic carbocycles. The van der Waals surface area contributed by atoms with Gasteiger partial charge in [0.05, 0.1) is 13.2 Å². The van der Waals surface area contributed by atoms with Crippen molar-refractivity contribution in [1.29, 1.82) is 0 Å². The minimum Gasteiger partial charge on any atom is -0.423 e. The quantitative estimate of drug-likeness (QED) is 0.0121. The summed E-state index contributed by atoms with van der Waals surface area (Å²) in [5.41, 5.74) is 0. The molecule has 0 aromatic heterocycles. The molecule has 0 radical (unpaired) electrons. The molecular formula is C100H190O19. The van der Waals surface area contributed by atoms with Crippen LogP contribution in [0.3, 0.4) is 0 Å². The Morgan fingerprint density at radius 2 is 0.462 bits per heavy atom. The van der Waals surface area contributed by atoms with Gasteiger partial charge < -0.3 is 64.5 Å². The molecule has 2 heterocycles. The van der Waals surface area contributed by atoms with E-state index in [1.54, 1.807) is 0 Å². The second-order valence-electron chi connectivity index (χ2n) is 36.5. The van der Waals surface area contributed by atoms with Crippen LogP contribution in [0.25, 0.3) is 0 Å². The summed E-state index contributed by atoms with van der Waals surface area (Å²) in [5.74, 6) is -25.2. The second kappa shape index (κ2) is 75.6. The number of ether oxygens (including phenoxy) is 7. The SMILES string of the molecule is CCCCCCCCCCCCCCCCCCCCCC(=O)O[C@@]1(OC2(CO)O[C@H](CO)[C@@H](O)[C@@H]2O)O[C@H](CO)[C@](O)(OC(=O)CCCCCCCCCCCCCCCCCCCCC)[C@@](O)(OC(=O)CCCCCCCCCCCCCCCCCCCCC)[C@]1(O)OC(=O)CCCCCCCCCCCCCCCCCCCCC. The molecule has 119 heavy (non-hydrogen) atoms. The lowest BCUT2D eigenvalue weighted by Gasteiger charge is -2.59. The van der Waals surface area contributed by atoms with Crippen LogP contribution >= 0.6 is 0 Å². The highest BCUT2D eigenvalue weighted by molar-refractivity contribution is 5.73. The number of carbonyl (C=O) groups excluding carboxylic acids is 4. The molecule has 19 nitrogen and oxygen atoms in total. The van der Waals surface area contributed by atoms with E-state index in [2.05, 4.69) is 27.7 Å². The summed E-state index contributed by atoms with van der Waals surface area (Å²) in [5, 5.41) is 97.2. The minimum absolute atomic E-state index is 0.143. The molecule has 0 spiro atoms. The number of aliphatic hydroxyl groups is 8. The number of esters is 4. The van der Waals surface area contributed by atoms with Crippen LogP contribution in [0.5, 0.6) is 0 Å². The van der Waals surface area contributed by atoms with Gasteiger partial charge in [-0.1, -0.05) is 490 Å². The van der Waals surface area contributed by atoms with Gasteiger partial charge in [0, 0.05) is 25.7 Å². The van der Waals surface area contributed by atoms with Gasteiger partial charge in [0.15, 0.2) is 6.10 Å². The highest BCUT2D eigenvalue weighted by Gasteiger charge is 2.89. The summed E-state index contributed by atoms with van der Waals surface area (Å²) < 4.78 is 41.9. The van der Waals surface area contributed by atoms with Gasteiger partial charge in [-0.25, -0.2) is 0 Å².